The van der Waals surface area contributed by atoms with Gasteiger partial charge in [0, 0.05) is 10.9 Å². The number of benzene rings is 1. The van der Waals surface area contributed by atoms with E-state index >= 15 is 0 Å². The topological polar surface area (TPSA) is 94.2 Å². The molecular weight excluding hydrogens is 306 g/mol. The van der Waals surface area contributed by atoms with Crippen LogP contribution in [0.4, 0.5) is 0 Å². The first-order chi connectivity index (χ1) is 11.3. The zero-order valence-corrected chi connectivity index (χ0v) is 14.3. The monoisotopic (exact) mass is 331 g/mol. The first-order valence-electron chi connectivity index (χ1n) is 8.05. The lowest BCUT2D eigenvalue weighted by molar-refractivity contribution is -0.121. The van der Waals surface area contributed by atoms with Crippen molar-refractivity contribution in [3.8, 4) is 0 Å². The summed E-state index contributed by atoms with van der Waals surface area (Å²) >= 11 is 0. The summed E-state index contributed by atoms with van der Waals surface area (Å²) in [5, 5.41) is 15.6. The lowest BCUT2D eigenvalue weighted by Crippen LogP contribution is -2.45. The number of nitrogens with one attached hydrogen (secondary N) is 3. The molecule has 6 nitrogen and oxygen atoms in total. The zero-order chi connectivity index (χ0) is 17.7. The Balaban J connectivity index is 1.87. The maximum absolute atomic E-state index is 12.1. The van der Waals surface area contributed by atoms with Crippen molar-refractivity contribution in [1.29, 1.82) is 0 Å². The number of aliphatic hydroxyl groups excluding tert-OH is 1. The minimum absolute atomic E-state index is 0.00567. The van der Waals surface area contributed by atoms with Crippen LogP contribution in [-0.4, -0.2) is 41.1 Å². The molecule has 2 aromatic rings. The van der Waals surface area contributed by atoms with Gasteiger partial charge in [0.2, 0.25) is 5.91 Å². The van der Waals surface area contributed by atoms with Crippen LogP contribution < -0.4 is 10.6 Å². The van der Waals surface area contributed by atoms with Gasteiger partial charge in [-0.05, 0) is 24.0 Å². The molecule has 0 radical (unpaired) electrons. The molecular formula is C18H25N3O3. The maximum Gasteiger partial charge on any atom is 0.268 e. The third-order valence-corrected chi connectivity index (χ3v) is 3.63. The molecule has 1 aromatic carbocycles. The highest BCUT2D eigenvalue weighted by atomic mass is 16.3. The number of amides is 2. The molecule has 4 N–H and O–H groups in total. The van der Waals surface area contributed by atoms with E-state index in [-0.39, 0.29) is 36.4 Å². The Morgan fingerprint density at radius 2 is 1.96 bits per heavy atom. The second-order valence-electron chi connectivity index (χ2n) is 7.16. The van der Waals surface area contributed by atoms with E-state index in [1.807, 2.05) is 45.0 Å². The van der Waals surface area contributed by atoms with Crippen molar-refractivity contribution in [2.45, 2.75) is 33.2 Å². The molecule has 0 aliphatic rings. The molecule has 0 aliphatic carbocycles. The van der Waals surface area contributed by atoms with Crippen molar-refractivity contribution < 1.29 is 14.7 Å². The van der Waals surface area contributed by atoms with Gasteiger partial charge in [0.25, 0.3) is 5.91 Å². The number of carbonyl (C=O) groups is 2. The van der Waals surface area contributed by atoms with Crippen LogP contribution in [0, 0.1) is 5.41 Å². The third-order valence-electron chi connectivity index (χ3n) is 3.63. The minimum atomic E-state index is -0.335. The van der Waals surface area contributed by atoms with Crippen LogP contribution >= 0.6 is 0 Å². The first kappa shape index (κ1) is 18.0. The fraction of sp³-hybridized carbons (Fsp3) is 0.444. The van der Waals surface area contributed by atoms with Crippen molar-refractivity contribution in [3.05, 3.63) is 36.0 Å². The van der Waals surface area contributed by atoms with E-state index in [1.165, 1.54) is 0 Å². The summed E-state index contributed by atoms with van der Waals surface area (Å²) < 4.78 is 0. The highest BCUT2D eigenvalue weighted by Gasteiger charge is 2.20. The molecule has 24 heavy (non-hydrogen) atoms. The number of hydrogen-bond donors (Lipinski definition) is 4. The van der Waals surface area contributed by atoms with Gasteiger partial charge < -0.3 is 20.7 Å². The number of aromatic amines is 1. The molecule has 6 heteroatoms. The van der Waals surface area contributed by atoms with Gasteiger partial charge >= 0.3 is 0 Å². The van der Waals surface area contributed by atoms with E-state index in [4.69, 9.17) is 0 Å². The number of para-hydroxylation sites is 1. The summed E-state index contributed by atoms with van der Waals surface area (Å²) in [7, 11) is 0. The SMILES string of the molecule is CC(C)(C)CC(CO)NC(=O)CNC(=O)c1cc2ccccc2[nH]1. The molecule has 0 fully saturated rings. The lowest BCUT2D eigenvalue weighted by atomic mass is 9.88. The summed E-state index contributed by atoms with van der Waals surface area (Å²) in [5.41, 5.74) is 1.28. The standard InChI is InChI=1S/C18H25N3O3/c1-18(2,3)9-13(11-22)20-16(23)10-19-17(24)15-8-12-6-4-5-7-14(12)21-15/h4-8,13,21-22H,9-11H2,1-3H3,(H,19,24)(H,20,23). The molecule has 1 heterocycles. The fourth-order valence-corrected chi connectivity index (χ4v) is 2.63. The number of hydrogen-bond acceptors (Lipinski definition) is 3. The molecule has 0 saturated carbocycles. The summed E-state index contributed by atoms with van der Waals surface area (Å²) in [6.07, 6.45) is 0.658. The van der Waals surface area contributed by atoms with E-state index in [1.54, 1.807) is 6.07 Å². The smallest absolute Gasteiger partial charge is 0.268 e. The molecule has 1 unspecified atom stereocenters. The van der Waals surface area contributed by atoms with Gasteiger partial charge in [-0.3, -0.25) is 9.59 Å². The molecule has 0 aliphatic heterocycles. The predicted octanol–water partition coefficient (Wildman–Crippen LogP) is 1.81. The predicted molar refractivity (Wildman–Crippen MR) is 93.7 cm³/mol. The lowest BCUT2D eigenvalue weighted by Gasteiger charge is -2.25. The largest absolute Gasteiger partial charge is 0.394 e. The third kappa shape index (κ3) is 5.09. The number of fused-ring (bicyclic) bond motifs is 1. The van der Waals surface area contributed by atoms with Crippen LogP contribution in [0.1, 0.15) is 37.7 Å². The van der Waals surface area contributed by atoms with Crippen LogP contribution in [0.25, 0.3) is 10.9 Å². The van der Waals surface area contributed by atoms with Crippen LogP contribution in [0.2, 0.25) is 0 Å². The van der Waals surface area contributed by atoms with E-state index < -0.39 is 0 Å². The Hall–Kier alpha value is -2.34. The van der Waals surface area contributed by atoms with Crippen molar-refractivity contribution in [1.82, 2.24) is 15.6 Å². The number of rotatable bonds is 6. The average Bonchev–Trinajstić information content (AvgIpc) is 2.94. The highest BCUT2D eigenvalue weighted by Crippen LogP contribution is 2.20. The van der Waals surface area contributed by atoms with Crippen LogP contribution in [0.3, 0.4) is 0 Å². The maximum atomic E-state index is 12.1. The van der Waals surface area contributed by atoms with Crippen LogP contribution in [0.15, 0.2) is 30.3 Å². The molecule has 0 bridgehead atoms. The molecule has 1 aromatic heterocycles. The summed E-state index contributed by atoms with van der Waals surface area (Å²) in [6.45, 7) is 5.87. The van der Waals surface area contributed by atoms with E-state index in [0.717, 1.165) is 10.9 Å². The molecule has 0 spiro atoms. The van der Waals surface area contributed by atoms with Crippen LogP contribution in [-0.2, 0) is 4.79 Å². The fourth-order valence-electron chi connectivity index (χ4n) is 2.63. The van der Waals surface area contributed by atoms with Crippen molar-refractivity contribution >= 4 is 22.7 Å². The Morgan fingerprint density at radius 1 is 1.25 bits per heavy atom. The van der Waals surface area contributed by atoms with E-state index in [9.17, 15) is 14.7 Å². The molecule has 2 rings (SSSR count). The van der Waals surface area contributed by atoms with Crippen molar-refractivity contribution in [2.75, 3.05) is 13.2 Å². The van der Waals surface area contributed by atoms with Gasteiger partial charge in [-0.1, -0.05) is 39.0 Å². The number of carbonyl (C=O) groups excluding carboxylic acids is 2. The van der Waals surface area contributed by atoms with Gasteiger partial charge in [0.15, 0.2) is 0 Å². The number of aromatic nitrogens is 1. The van der Waals surface area contributed by atoms with Gasteiger partial charge in [-0.2, -0.15) is 0 Å². The van der Waals surface area contributed by atoms with Gasteiger partial charge in [0.1, 0.15) is 5.69 Å². The Bertz CT molecular complexity index is 683. The van der Waals surface area contributed by atoms with Crippen LogP contribution in [0.5, 0.6) is 0 Å². The van der Waals surface area contributed by atoms with Crippen molar-refractivity contribution in [2.24, 2.45) is 5.41 Å². The minimum Gasteiger partial charge on any atom is -0.394 e. The first-order valence-corrected chi connectivity index (χ1v) is 8.05. The molecule has 130 valence electrons. The number of H-pyrrole nitrogens is 1. The average molecular weight is 331 g/mol. The van der Waals surface area contributed by atoms with Gasteiger partial charge in [-0.25, -0.2) is 0 Å². The second-order valence-corrected chi connectivity index (χ2v) is 7.16. The van der Waals surface area contributed by atoms with Gasteiger partial charge in [-0.15, -0.1) is 0 Å². The summed E-state index contributed by atoms with van der Waals surface area (Å²) in [6, 6.07) is 9.01. The van der Waals surface area contributed by atoms with E-state index in [0.29, 0.717) is 12.1 Å². The quantitative estimate of drug-likeness (QED) is 0.650. The second kappa shape index (κ2) is 7.49. The van der Waals surface area contributed by atoms with E-state index in [2.05, 4.69) is 15.6 Å². The Kier molecular flexibility index (Phi) is 5.62. The Labute approximate surface area is 141 Å². The molecule has 0 saturated heterocycles. The Morgan fingerprint density at radius 3 is 2.58 bits per heavy atom. The van der Waals surface area contributed by atoms with Gasteiger partial charge in [0.05, 0.1) is 19.2 Å². The summed E-state index contributed by atoms with van der Waals surface area (Å²) in [5.74, 6) is -0.652. The summed E-state index contributed by atoms with van der Waals surface area (Å²) in [4.78, 5) is 27.1. The number of aliphatic hydroxyl groups is 1. The molecule has 1 atom stereocenters. The zero-order valence-electron chi connectivity index (χ0n) is 14.3. The normalized spacial score (nSPS) is 12.8. The highest BCUT2D eigenvalue weighted by molar-refractivity contribution is 5.99. The molecule has 2 amide bonds. The van der Waals surface area contributed by atoms with Crippen molar-refractivity contribution in [3.63, 3.8) is 0 Å².